The molecule has 5 nitrogen and oxygen atoms in total. The summed E-state index contributed by atoms with van der Waals surface area (Å²) in [5.74, 6) is -0.106. The number of nitrogens with one attached hydrogen (secondary N) is 2. The number of carbonyl (C=O) groups excluding carboxylic acids is 1. The van der Waals surface area contributed by atoms with E-state index < -0.39 is 14.8 Å². The van der Waals surface area contributed by atoms with Crippen LogP contribution in [0.1, 0.15) is 46.5 Å². The standard InChI is InChI=1S/C17H25ClN2O3S/c1-17(2,3)24(22,23)20-15-8-4-12(5-9-15)16(21)19-14-10-6-13(18)7-11-14/h6-7,10-12,15,20H,4-5,8-9H2,1-3H3,(H,19,21). The number of benzene rings is 1. The molecule has 7 heteroatoms. The quantitative estimate of drug-likeness (QED) is 0.848. The van der Waals surface area contributed by atoms with E-state index in [2.05, 4.69) is 10.0 Å². The first-order chi connectivity index (χ1) is 11.1. The minimum atomic E-state index is -3.35. The van der Waals surface area contributed by atoms with Crippen LogP contribution >= 0.6 is 11.6 Å². The predicted octanol–water partition coefficient (Wildman–Crippen LogP) is 3.56. The van der Waals surface area contributed by atoms with E-state index in [0.717, 1.165) is 5.69 Å². The van der Waals surface area contributed by atoms with Crippen LogP contribution in [-0.2, 0) is 14.8 Å². The molecule has 0 spiro atoms. The molecule has 1 aromatic carbocycles. The summed E-state index contributed by atoms with van der Waals surface area (Å²) >= 11 is 5.83. The summed E-state index contributed by atoms with van der Waals surface area (Å²) in [5, 5.41) is 3.51. The second-order valence-corrected chi connectivity index (χ2v) is 10.2. The average Bonchev–Trinajstić information content (AvgIpc) is 2.49. The van der Waals surface area contributed by atoms with E-state index in [9.17, 15) is 13.2 Å². The highest BCUT2D eigenvalue weighted by atomic mass is 35.5. The normalized spacial score (nSPS) is 22.2. The molecule has 0 aromatic heterocycles. The van der Waals surface area contributed by atoms with Crippen LogP contribution < -0.4 is 10.0 Å². The van der Waals surface area contributed by atoms with E-state index in [1.165, 1.54) is 0 Å². The van der Waals surface area contributed by atoms with Crippen molar-refractivity contribution in [1.29, 1.82) is 0 Å². The summed E-state index contributed by atoms with van der Waals surface area (Å²) in [4.78, 5) is 12.3. The zero-order chi connectivity index (χ0) is 18.0. The average molecular weight is 373 g/mol. The van der Waals surface area contributed by atoms with Crippen LogP contribution in [0.5, 0.6) is 0 Å². The van der Waals surface area contributed by atoms with E-state index in [1.807, 2.05) is 0 Å². The van der Waals surface area contributed by atoms with Gasteiger partial charge in [-0.2, -0.15) is 0 Å². The molecule has 0 bridgehead atoms. The van der Waals surface area contributed by atoms with Gasteiger partial charge in [-0.1, -0.05) is 11.6 Å². The Bertz CT molecular complexity index is 673. The van der Waals surface area contributed by atoms with Gasteiger partial charge in [0.05, 0.1) is 4.75 Å². The Morgan fingerprint density at radius 2 is 1.62 bits per heavy atom. The van der Waals surface area contributed by atoms with Crippen molar-refractivity contribution in [3.63, 3.8) is 0 Å². The Hall–Kier alpha value is -1.11. The molecule has 1 aliphatic carbocycles. The van der Waals surface area contributed by atoms with Crippen molar-refractivity contribution >= 4 is 33.2 Å². The Labute approximate surface area is 149 Å². The van der Waals surface area contributed by atoms with Crippen molar-refractivity contribution in [1.82, 2.24) is 4.72 Å². The lowest BCUT2D eigenvalue weighted by Gasteiger charge is -2.30. The molecule has 1 fully saturated rings. The number of anilines is 1. The maximum Gasteiger partial charge on any atom is 0.227 e. The number of carbonyl (C=O) groups is 1. The maximum absolute atomic E-state index is 12.3. The minimum Gasteiger partial charge on any atom is -0.326 e. The van der Waals surface area contributed by atoms with E-state index >= 15 is 0 Å². The van der Waals surface area contributed by atoms with Crippen molar-refractivity contribution < 1.29 is 13.2 Å². The summed E-state index contributed by atoms with van der Waals surface area (Å²) < 4.78 is 26.4. The van der Waals surface area contributed by atoms with E-state index in [0.29, 0.717) is 30.7 Å². The first kappa shape index (κ1) is 19.2. The van der Waals surface area contributed by atoms with Gasteiger partial charge in [0.15, 0.2) is 0 Å². The van der Waals surface area contributed by atoms with Gasteiger partial charge in [0, 0.05) is 22.7 Å². The number of sulfonamides is 1. The van der Waals surface area contributed by atoms with Crippen LogP contribution in [-0.4, -0.2) is 25.1 Å². The first-order valence-electron chi connectivity index (χ1n) is 8.17. The number of halogens is 1. The second-order valence-electron chi connectivity index (χ2n) is 7.28. The summed E-state index contributed by atoms with van der Waals surface area (Å²) in [6, 6.07) is 6.91. The number of hydrogen-bond donors (Lipinski definition) is 2. The largest absolute Gasteiger partial charge is 0.326 e. The molecular weight excluding hydrogens is 348 g/mol. The van der Waals surface area contributed by atoms with E-state index in [4.69, 9.17) is 11.6 Å². The van der Waals surface area contributed by atoms with Gasteiger partial charge < -0.3 is 5.32 Å². The van der Waals surface area contributed by atoms with Crippen LogP contribution in [0.25, 0.3) is 0 Å². The van der Waals surface area contributed by atoms with Crippen LogP contribution in [0.2, 0.25) is 5.02 Å². The highest BCUT2D eigenvalue weighted by molar-refractivity contribution is 7.90. The molecule has 0 atom stereocenters. The van der Waals surface area contributed by atoms with Gasteiger partial charge in [0.2, 0.25) is 15.9 Å². The fourth-order valence-corrected chi connectivity index (χ4v) is 3.80. The molecule has 134 valence electrons. The molecule has 0 radical (unpaired) electrons. The SMILES string of the molecule is CC(C)(C)S(=O)(=O)NC1CCC(C(=O)Nc2ccc(Cl)cc2)CC1. The molecule has 1 aromatic rings. The van der Waals surface area contributed by atoms with Gasteiger partial charge in [-0.15, -0.1) is 0 Å². The van der Waals surface area contributed by atoms with E-state index in [1.54, 1.807) is 45.0 Å². The Balaban J connectivity index is 1.86. The summed E-state index contributed by atoms with van der Waals surface area (Å²) in [7, 11) is -3.35. The van der Waals surface area contributed by atoms with Gasteiger partial charge in [0.25, 0.3) is 0 Å². The molecule has 0 saturated heterocycles. The van der Waals surface area contributed by atoms with Gasteiger partial charge in [-0.25, -0.2) is 13.1 Å². The topological polar surface area (TPSA) is 75.3 Å². The van der Waals surface area contributed by atoms with Crippen LogP contribution in [0.15, 0.2) is 24.3 Å². The Kier molecular flexibility index (Phi) is 5.94. The molecule has 0 aliphatic heterocycles. The highest BCUT2D eigenvalue weighted by Crippen LogP contribution is 2.27. The smallest absolute Gasteiger partial charge is 0.227 e. The van der Waals surface area contributed by atoms with Gasteiger partial charge >= 0.3 is 0 Å². The maximum atomic E-state index is 12.3. The van der Waals surface area contributed by atoms with Crippen molar-refractivity contribution in [2.75, 3.05) is 5.32 Å². The second kappa shape index (κ2) is 7.42. The number of hydrogen-bond acceptors (Lipinski definition) is 3. The first-order valence-corrected chi connectivity index (χ1v) is 10.0. The molecule has 2 N–H and O–H groups in total. The fraction of sp³-hybridized carbons (Fsp3) is 0.588. The lowest BCUT2D eigenvalue weighted by atomic mass is 9.86. The zero-order valence-corrected chi connectivity index (χ0v) is 15.9. The lowest BCUT2D eigenvalue weighted by molar-refractivity contribution is -0.120. The van der Waals surface area contributed by atoms with Crippen molar-refractivity contribution in [3.8, 4) is 0 Å². The van der Waals surface area contributed by atoms with Crippen molar-refractivity contribution in [3.05, 3.63) is 29.3 Å². The third-order valence-electron chi connectivity index (χ3n) is 4.34. The fourth-order valence-electron chi connectivity index (χ4n) is 2.65. The third kappa shape index (κ3) is 4.94. The van der Waals surface area contributed by atoms with Crippen LogP contribution in [0.3, 0.4) is 0 Å². The molecule has 1 aliphatic rings. The summed E-state index contributed by atoms with van der Waals surface area (Å²) in [6.07, 6.45) is 2.70. The Morgan fingerprint density at radius 3 is 2.12 bits per heavy atom. The predicted molar refractivity (Wildman–Crippen MR) is 97.6 cm³/mol. The molecule has 24 heavy (non-hydrogen) atoms. The van der Waals surface area contributed by atoms with Crippen LogP contribution in [0, 0.1) is 5.92 Å². The lowest BCUT2D eigenvalue weighted by Crippen LogP contribution is -2.46. The van der Waals surface area contributed by atoms with Gasteiger partial charge in [-0.3, -0.25) is 4.79 Å². The number of rotatable bonds is 4. The monoisotopic (exact) mass is 372 g/mol. The van der Waals surface area contributed by atoms with Crippen molar-refractivity contribution in [2.24, 2.45) is 5.92 Å². The molecule has 0 heterocycles. The molecule has 1 saturated carbocycles. The molecule has 1 amide bonds. The van der Waals surface area contributed by atoms with E-state index in [-0.39, 0.29) is 17.9 Å². The van der Waals surface area contributed by atoms with Crippen molar-refractivity contribution in [2.45, 2.75) is 57.2 Å². The molecular formula is C17H25ClN2O3S. The molecule has 0 unspecified atom stereocenters. The number of amides is 1. The summed E-state index contributed by atoms with van der Waals surface area (Å²) in [6.45, 7) is 5.04. The third-order valence-corrected chi connectivity index (χ3v) is 6.85. The molecule has 2 rings (SSSR count). The highest BCUT2D eigenvalue weighted by Gasteiger charge is 2.34. The van der Waals surface area contributed by atoms with Gasteiger partial charge in [-0.05, 0) is 70.7 Å². The zero-order valence-electron chi connectivity index (χ0n) is 14.3. The van der Waals surface area contributed by atoms with Crippen LogP contribution in [0.4, 0.5) is 5.69 Å². The minimum absolute atomic E-state index is 0.0190. The summed E-state index contributed by atoms with van der Waals surface area (Å²) in [5.41, 5.74) is 0.722. The Morgan fingerprint density at radius 1 is 1.08 bits per heavy atom. The van der Waals surface area contributed by atoms with Gasteiger partial charge in [0.1, 0.15) is 0 Å².